The predicted molar refractivity (Wildman–Crippen MR) is 77.7 cm³/mol. The van der Waals surface area contributed by atoms with Gasteiger partial charge in [-0.2, -0.15) is 0 Å². The Labute approximate surface area is 120 Å². The number of aliphatic imine (C=N–C) groups is 1. The maximum Gasteiger partial charge on any atom is 0.282 e. The number of hydrogen-bond acceptors (Lipinski definition) is 5. The van der Waals surface area contributed by atoms with Crippen LogP contribution in [0.2, 0.25) is 0 Å². The first-order valence-corrected chi connectivity index (χ1v) is 6.33. The van der Waals surface area contributed by atoms with Crippen molar-refractivity contribution in [2.75, 3.05) is 6.79 Å². The van der Waals surface area contributed by atoms with Crippen molar-refractivity contribution in [3.05, 3.63) is 57.6 Å². The Morgan fingerprint density at radius 1 is 1.24 bits per heavy atom. The fraction of sp³-hybridized carbons (Fsp3) is 0.133. The first-order valence-electron chi connectivity index (χ1n) is 6.33. The second-order valence-corrected chi connectivity index (χ2v) is 4.57. The van der Waals surface area contributed by atoms with Gasteiger partial charge in [-0.25, -0.2) is 0 Å². The number of rotatable bonds is 3. The number of fused-ring (bicyclic) bond motifs is 1. The van der Waals surface area contributed by atoms with Crippen LogP contribution in [0.25, 0.3) is 0 Å². The third kappa shape index (κ3) is 2.55. The Hall–Kier alpha value is -2.89. The highest BCUT2D eigenvalue weighted by molar-refractivity contribution is 5.88. The summed E-state index contributed by atoms with van der Waals surface area (Å²) in [4.78, 5) is 15.0. The van der Waals surface area contributed by atoms with Gasteiger partial charge in [-0.05, 0) is 24.6 Å². The summed E-state index contributed by atoms with van der Waals surface area (Å²) in [6, 6.07) is 10.5. The topological polar surface area (TPSA) is 74.0 Å². The van der Waals surface area contributed by atoms with E-state index in [1.54, 1.807) is 6.07 Å². The zero-order chi connectivity index (χ0) is 14.8. The van der Waals surface area contributed by atoms with Gasteiger partial charge >= 0.3 is 0 Å². The molecule has 21 heavy (non-hydrogen) atoms. The maximum absolute atomic E-state index is 11.1. The molecule has 3 rings (SSSR count). The molecule has 1 heterocycles. The Bertz CT molecular complexity index is 740. The molecule has 0 amide bonds. The van der Waals surface area contributed by atoms with E-state index < -0.39 is 4.92 Å². The zero-order valence-corrected chi connectivity index (χ0v) is 11.3. The summed E-state index contributed by atoms with van der Waals surface area (Å²) in [5, 5.41) is 11.1. The average Bonchev–Trinajstić information content (AvgIpc) is 2.92. The van der Waals surface area contributed by atoms with Crippen molar-refractivity contribution >= 4 is 17.6 Å². The fourth-order valence-corrected chi connectivity index (χ4v) is 2.06. The lowest BCUT2D eigenvalue weighted by atomic mass is 10.1. The minimum Gasteiger partial charge on any atom is -0.454 e. The molecule has 0 unspecified atom stereocenters. The summed E-state index contributed by atoms with van der Waals surface area (Å²) in [5.41, 5.74) is 2.09. The number of ether oxygens (including phenoxy) is 2. The van der Waals surface area contributed by atoms with Crippen molar-refractivity contribution in [2.24, 2.45) is 4.99 Å². The number of nitrogens with zero attached hydrogens (tertiary/aromatic N) is 2. The normalized spacial score (nSPS) is 12.8. The van der Waals surface area contributed by atoms with Crippen molar-refractivity contribution in [3.8, 4) is 11.5 Å². The van der Waals surface area contributed by atoms with Gasteiger partial charge in [0.25, 0.3) is 5.69 Å². The van der Waals surface area contributed by atoms with Crippen LogP contribution in [0.5, 0.6) is 11.5 Å². The van der Waals surface area contributed by atoms with E-state index >= 15 is 0 Å². The molecule has 0 saturated carbocycles. The zero-order valence-electron chi connectivity index (χ0n) is 11.3. The molecule has 0 fully saturated rings. The molecule has 0 bridgehead atoms. The van der Waals surface area contributed by atoms with Gasteiger partial charge in [0.15, 0.2) is 11.5 Å². The molecule has 6 nitrogen and oxygen atoms in total. The SMILES string of the molecule is Cc1ccccc1N=Cc1cc2c(cc1[N+](=O)[O-])OCO2. The molecular formula is C15H12N2O4. The van der Waals surface area contributed by atoms with E-state index in [1.165, 1.54) is 12.3 Å². The third-order valence-corrected chi connectivity index (χ3v) is 3.18. The molecule has 0 radical (unpaired) electrons. The lowest BCUT2D eigenvalue weighted by molar-refractivity contribution is -0.385. The van der Waals surface area contributed by atoms with Crippen LogP contribution in [-0.4, -0.2) is 17.9 Å². The second kappa shape index (κ2) is 5.24. The number of para-hydroxylation sites is 1. The molecule has 2 aromatic rings. The van der Waals surface area contributed by atoms with Crippen LogP contribution in [0.15, 0.2) is 41.4 Å². The van der Waals surface area contributed by atoms with Crippen molar-refractivity contribution in [1.82, 2.24) is 0 Å². The van der Waals surface area contributed by atoms with E-state index in [0.717, 1.165) is 11.3 Å². The van der Waals surface area contributed by atoms with Crippen LogP contribution in [0.1, 0.15) is 11.1 Å². The molecule has 2 aromatic carbocycles. The molecule has 0 atom stereocenters. The van der Waals surface area contributed by atoms with Crippen molar-refractivity contribution in [1.29, 1.82) is 0 Å². The molecule has 0 N–H and O–H groups in total. The molecule has 0 aliphatic carbocycles. The first kappa shape index (κ1) is 13.1. The van der Waals surface area contributed by atoms with E-state index in [4.69, 9.17) is 9.47 Å². The Balaban J connectivity index is 2.02. The van der Waals surface area contributed by atoms with Crippen LogP contribution in [0, 0.1) is 17.0 Å². The highest BCUT2D eigenvalue weighted by atomic mass is 16.7. The van der Waals surface area contributed by atoms with Gasteiger partial charge in [0, 0.05) is 6.21 Å². The van der Waals surface area contributed by atoms with Gasteiger partial charge in [0.2, 0.25) is 6.79 Å². The predicted octanol–water partition coefficient (Wildman–Crippen LogP) is 3.38. The Morgan fingerprint density at radius 3 is 2.67 bits per heavy atom. The third-order valence-electron chi connectivity index (χ3n) is 3.18. The quantitative estimate of drug-likeness (QED) is 0.492. The average molecular weight is 284 g/mol. The molecule has 0 aromatic heterocycles. The van der Waals surface area contributed by atoms with Crippen molar-refractivity contribution in [2.45, 2.75) is 6.92 Å². The Morgan fingerprint density at radius 2 is 1.95 bits per heavy atom. The number of hydrogen-bond donors (Lipinski definition) is 0. The molecule has 1 aliphatic rings. The summed E-state index contributed by atoms with van der Waals surface area (Å²) < 4.78 is 10.4. The number of nitro groups is 1. The highest BCUT2D eigenvalue weighted by Gasteiger charge is 2.22. The summed E-state index contributed by atoms with van der Waals surface area (Å²) in [7, 11) is 0. The standard InChI is InChI=1S/C15H12N2O4/c1-10-4-2-3-5-12(10)16-8-11-6-14-15(21-9-20-14)7-13(11)17(18)19/h2-8H,9H2,1H3. The van der Waals surface area contributed by atoms with Gasteiger partial charge in [0.1, 0.15) is 0 Å². The van der Waals surface area contributed by atoms with Crippen LogP contribution in [0.4, 0.5) is 11.4 Å². The lowest BCUT2D eigenvalue weighted by Crippen LogP contribution is -1.95. The van der Waals surface area contributed by atoms with Crippen LogP contribution < -0.4 is 9.47 Å². The van der Waals surface area contributed by atoms with Crippen LogP contribution in [-0.2, 0) is 0 Å². The first-order chi connectivity index (χ1) is 10.1. The van der Waals surface area contributed by atoms with Crippen molar-refractivity contribution < 1.29 is 14.4 Å². The monoisotopic (exact) mass is 284 g/mol. The van der Waals surface area contributed by atoms with Crippen LogP contribution in [0.3, 0.4) is 0 Å². The smallest absolute Gasteiger partial charge is 0.282 e. The van der Waals surface area contributed by atoms with E-state index in [9.17, 15) is 10.1 Å². The maximum atomic E-state index is 11.1. The summed E-state index contributed by atoms with van der Waals surface area (Å²) in [6.07, 6.45) is 1.47. The van der Waals surface area contributed by atoms with E-state index in [1.807, 2.05) is 31.2 Å². The molecule has 0 spiro atoms. The number of aryl methyl sites for hydroxylation is 1. The summed E-state index contributed by atoms with van der Waals surface area (Å²) in [5.74, 6) is 0.876. The van der Waals surface area contributed by atoms with Crippen molar-refractivity contribution in [3.63, 3.8) is 0 Å². The minimum atomic E-state index is -0.457. The van der Waals surface area contributed by atoms with Crippen LogP contribution >= 0.6 is 0 Å². The molecule has 0 saturated heterocycles. The fourth-order valence-electron chi connectivity index (χ4n) is 2.06. The highest BCUT2D eigenvalue weighted by Crippen LogP contribution is 2.37. The van der Waals surface area contributed by atoms with E-state index in [0.29, 0.717) is 17.1 Å². The van der Waals surface area contributed by atoms with Gasteiger partial charge in [-0.3, -0.25) is 15.1 Å². The number of benzene rings is 2. The van der Waals surface area contributed by atoms with E-state index in [-0.39, 0.29) is 12.5 Å². The van der Waals surface area contributed by atoms with Gasteiger partial charge in [-0.15, -0.1) is 0 Å². The summed E-state index contributed by atoms with van der Waals surface area (Å²) >= 11 is 0. The summed E-state index contributed by atoms with van der Waals surface area (Å²) in [6.45, 7) is 2.01. The number of nitro benzene ring substituents is 1. The second-order valence-electron chi connectivity index (χ2n) is 4.57. The van der Waals surface area contributed by atoms with Gasteiger partial charge in [-0.1, -0.05) is 18.2 Å². The Kier molecular flexibility index (Phi) is 3.27. The minimum absolute atomic E-state index is 0.0587. The van der Waals surface area contributed by atoms with Gasteiger partial charge in [0.05, 0.1) is 22.2 Å². The molecule has 1 aliphatic heterocycles. The molecule has 6 heteroatoms. The largest absolute Gasteiger partial charge is 0.454 e. The van der Waals surface area contributed by atoms with Gasteiger partial charge < -0.3 is 9.47 Å². The molecule has 106 valence electrons. The molecular weight excluding hydrogens is 272 g/mol. The van der Waals surface area contributed by atoms with E-state index in [2.05, 4.69) is 4.99 Å². The lowest BCUT2D eigenvalue weighted by Gasteiger charge is -2.01.